The van der Waals surface area contributed by atoms with E-state index in [2.05, 4.69) is 26.9 Å². The number of hydrogen-bond acceptors (Lipinski definition) is 5. The number of hydrogen-bond donors (Lipinski definition) is 1. The van der Waals surface area contributed by atoms with E-state index in [0.717, 1.165) is 30.9 Å². The van der Waals surface area contributed by atoms with Crippen LogP contribution in [0.5, 0.6) is 0 Å². The topological polar surface area (TPSA) is 51.0 Å². The van der Waals surface area contributed by atoms with Crippen LogP contribution in [0.15, 0.2) is 52.4 Å². The van der Waals surface area contributed by atoms with Crippen LogP contribution in [0.1, 0.15) is 16.6 Å². The summed E-state index contributed by atoms with van der Waals surface area (Å²) in [6, 6.07) is 14.2. The molecule has 0 saturated heterocycles. The van der Waals surface area contributed by atoms with Crippen LogP contribution in [-0.4, -0.2) is 16.7 Å². The molecule has 20 heavy (non-hydrogen) atoms. The van der Waals surface area contributed by atoms with E-state index in [9.17, 15) is 0 Å². The van der Waals surface area contributed by atoms with Crippen LogP contribution < -0.4 is 5.32 Å². The van der Waals surface area contributed by atoms with Crippen molar-refractivity contribution in [1.82, 2.24) is 10.1 Å². The zero-order chi connectivity index (χ0) is 13.6. The van der Waals surface area contributed by atoms with Crippen LogP contribution in [0.2, 0.25) is 0 Å². The largest absolute Gasteiger partial charge is 0.385 e. The second kappa shape index (κ2) is 6.34. The van der Waals surface area contributed by atoms with E-state index in [-0.39, 0.29) is 0 Å². The molecule has 4 nitrogen and oxygen atoms in total. The molecule has 0 unspecified atom stereocenters. The molecule has 0 saturated carbocycles. The summed E-state index contributed by atoms with van der Waals surface area (Å²) in [4.78, 5) is 5.65. The van der Waals surface area contributed by atoms with Crippen molar-refractivity contribution < 1.29 is 4.52 Å². The summed E-state index contributed by atoms with van der Waals surface area (Å²) in [5.41, 5.74) is 1.10. The van der Waals surface area contributed by atoms with Crippen LogP contribution in [0, 0.1) is 0 Å². The highest BCUT2D eigenvalue weighted by atomic mass is 32.1. The maximum absolute atomic E-state index is 5.25. The lowest BCUT2D eigenvalue weighted by Crippen LogP contribution is -2.04. The highest BCUT2D eigenvalue weighted by Crippen LogP contribution is 2.13. The lowest BCUT2D eigenvalue weighted by molar-refractivity contribution is 0.376. The third-order valence-corrected chi connectivity index (χ3v) is 3.74. The first kappa shape index (κ1) is 12.9. The Balaban J connectivity index is 1.50. The molecular weight excluding hydrogens is 270 g/mol. The van der Waals surface area contributed by atoms with Crippen molar-refractivity contribution >= 4 is 17.0 Å². The Bertz CT molecular complexity index is 634. The number of para-hydroxylation sites is 1. The van der Waals surface area contributed by atoms with E-state index in [1.807, 2.05) is 36.4 Å². The number of anilines is 1. The second-order valence-electron chi connectivity index (χ2n) is 4.40. The first-order chi connectivity index (χ1) is 9.90. The van der Waals surface area contributed by atoms with Crippen molar-refractivity contribution in [1.29, 1.82) is 0 Å². The Kier molecular flexibility index (Phi) is 4.08. The summed E-state index contributed by atoms with van der Waals surface area (Å²) in [7, 11) is 0. The summed E-state index contributed by atoms with van der Waals surface area (Å²) in [6.45, 7) is 0.782. The van der Waals surface area contributed by atoms with Crippen LogP contribution >= 0.6 is 11.3 Å². The number of nitrogens with one attached hydrogen (secondary N) is 1. The third-order valence-electron chi connectivity index (χ3n) is 2.86. The van der Waals surface area contributed by atoms with Gasteiger partial charge in [-0.3, -0.25) is 0 Å². The van der Waals surface area contributed by atoms with Gasteiger partial charge in [-0.2, -0.15) is 4.98 Å². The van der Waals surface area contributed by atoms with Crippen LogP contribution in [-0.2, 0) is 12.8 Å². The third kappa shape index (κ3) is 3.45. The average Bonchev–Trinajstić information content (AvgIpc) is 3.13. The minimum Gasteiger partial charge on any atom is -0.385 e. The molecule has 5 heteroatoms. The van der Waals surface area contributed by atoms with Crippen LogP contribution in [0.25, 0.3) is 0 Å². The van der Waals surface area contributed by atoms with Gasteiger partial charge in [-0.25, -0.2) is 0 Å². The smallest absolute Gasteiger partial charge is 0.228 e. The fourth-order valence-corrected chi connectivity index (χ4v) is 2.60. The number of aromatic nitrogens is 2. The maximum Gasteiger partial charge on any atom is 0.228 e. The van der Waals surface area contributed by atoms with Crippen molar-refractivity contribution in [3.8, 4) is 0 Å². The van der Waals surface area contributed by atoms with Gasteiger partial charge in [0.1, 0.15) is 0 Å². The second-order valence-corrected chi connectivity index (χ2v) is 5.44. The zero-order valence-corrected chi connectivity index (χ0v) is 11.8. The number of nitrogens with zero attached hydrogens (tertiary/aromatic N) is 2. The average molecular weight is 285 g/mol. The van der Waals surface area contributed by atoms with Gasteiger partial charge in [0.2, 0.25) is 5.89 Å². The predicted octanol–water partition coefficient (Wildman–Crippen LogP) is 3.38. The van der Waals surface area contributed by atoms with Gasteiger partial charge < -0.3 is 9.84 Å². The van der Waals surface area contributed by atoms with Crippen LogP contribution in [0.3, 0.4) is 0 Å². The van der Waals surface area contributed by atoms with Crippen LogP contribution in [0.4, 0.5) is 5.69 Å². The first-order valence-corrected chi connectivity index (χ1v) is 7.41. The van der Waals surface area contributed by atoms with Crippen molar-refractivity contribution in [2.24, 2.45) is 0 Å². The van der Waals surface area contributed by atoms with Gasteiger partial charge in [0.15, 0.2) is 5.82 Å². The van der Waals surface area contributed by atoms with E-state index >= 15 is 0 Å². The first-order valence-electron chi connectivity index (χ1n) is 6.53. The normalized spacial score (nSPS) is 10.6. The molecule has 0 aliphatic rings. The summed E-state index contributed by atoms with van der Waals surface area (Å²) in [5, 5.41) is 9.39. The molecule has 0 atom stereocenters. The molecule has 0 spiro atoms. The van der Waals surface area contributed by atoms with Crippen molar-refractivity contribution in [2.75, 3.05) is 11.9 Å². The fourth-order valence-electron chi connectivity index (χ4n) is 1.90. The monoisotopic (exact) mass is 285 g/mol. The molecule has 2 aromatic heterocycles. The summed E-state index contributed by atoms with van der Waals surface area (Å²) < 4.78 is 5.25. The number of thiophene rings is 1. The van der Waals surface area contributed by atoms with Crippen molar-refractivity contribution in [3.05, 3.63) is 64.4 Å². The number of benzene rings is 1. The molecule has 102 valence electrons. The van der Waals surface area contributed by atoms with E-state index in [1.54, 1.807) is 11.3 Å². The molecule has 1 N–H and O–H groups in total. The molecule has 0 fully saturated rings. The molecule has 1 aromatic carbocycles. The Morgan fingerprint density at radius 1 is 1.10 bits per heavy atom. The lowest BCUT2D eigenvalue weighted by atomic mass is 10.3. The Hall–Kier alpha value is -2.14. The lowest BCUT2D eigenvalue weighted by Gasteiger charge is -2.02. The summed E-state index contributed by atoms with van der Waals surface area (Å²) in [6.07, 6.45) is 1.47. The van der Waals surface area contributed by atoms with E-state index < -0.39 is 0 Å². The number of rotatable bonds is 6. The highest BCUT2D eigenvalue weighted by molar-refractivity contribution is 7.09. The van der Waals surface area contributed by atoms with Gasteiger partial charge in [-0.1, -0.05) is 29.4 Å². The molecule has 0 aliphatic heterocycles. The molecule has 2 heterocycles. The Morgan fingerprint density at radius 3 is 2.80 bits per heavy atom. The molecule has 0 bridgehead atoms. The molecule has 0 radical (unpaired) electrons. The van der Waals surface area contributed by atoms with E-state index in [4.69, 9.17) is 4.52 Å². The van der Waals surface area contributed by atoms with Gasteiger partial charge in [0.25, 0.3) is 0 Å². The highest BCUT2D eigenvalue weighted by Gasteiger charge is 2.07. The standard InChI is InChI=1S/C15H15N3OS/c1-2-5-12(6-3-1)16-9-8-15-17-14(18-19-15)11-13-7-4-10-20-13/h1-7,10,16H,8-9,11H2. The Morgan fingerprint density at radius 2 is 2.00 bits per heavy atom. The molecular formula is C15H15N3OS. The van der Waals surface area contributed by atoms with Crippen molar-refractivity contribution in [2.45, 2.75) is 12.8 Å². The van der Waals surface area contributed by atoms with Gasteiger partial charge in [-0.15, -0.1) is 11.3 Å². The summed E-state index contributed by atoms with van der Waals surface area (Å²) in [5.74, 6) is 1.43. The van der Waals surface area contributed by atoms with Gasteiger partial charge in [0.05, 0.1) is 0 Å². The van der Waals surface area contributed by atoms with Crippen molar-refractivity contribution in [3.63, 3.8) is 0 Å². The minimum absolute atomic E-state index is 0.681. The molecule has 0 amide bonds. The molecule has 3 rings (SSSR count). The SMILES string of the molecule is c1ccc(NCCc2nc(Cc3cccs3)no2)cc1. The van der Waals surface area contributed by atoms with Gasteiger partial charge in [-0.05, 0) is 23.6 Å². The zero-order valence-electron chi connectivity index (χ0n) is 11.0. The predicted molar refractivity (Wildman–Crippen MR) is 80.1 cm³/mol. The fraction of sp³-hybridized carbons (Fsp3) is 0.200. The quantitative estimate of drug-likeness (QED) is 0.754. The maximum atomic E-state index is 5.25. The van der Waals surface area contributed by atoms with E-state index in [0.29, 0.717) is 5.89 Å². The van der Waals surface area contributed by atoms with E-state index in [1.165, 1.54) is 4.88 Å². The van der Waals surface area contributed by atoms with Gasteiger partial charge >= 0.3 is 0 Å². The molecule has 3 aromatic rings. The Labute approximate surface area is 121 Å². The minimum atomic E-state index is 0.681. The van der Waals surface area contributed by atoms with Gasteiger partial charge in [0, 0.05) is 30.0 Å². The molecule has 0 aliphatic carbocycles. The summed E-state index contributed by atoms with van der Waals surface area (Å²) >= 11 is 1.71.